The molecule has 0 saturated heterocycles. The highest BCUT2D eigenvalue weighted by Gasteiger charge is 2.10. The molecule has 0 aliphatic heterocycles. The number of aryl methyl sites for hydroxylation is 1. The summed E-state index contributed by atoms with van der Waals surface area (Å²) in [5.74, 6) is 3.22. The van der Waals surface area contributed by atoms with Crippen molar-refractivity contribution in [2.45, 2.75) is 32.6 Å². The zero-order valence-corrected chi connectivity index (χ0v) is 9.78. The summed E-state index contributed by atoms with van der Waals surface area (Å²) in [6.07, 6.45) is 8.62. The van der Waals surface area contributed by atoms with Crippen LogP contribution in [-0.4, -0.2) is 5.78 Å². The van der Waals surface area contributed by atoms with Gasteiger partial charge in [0, 0.05) is 12.8 Å². The Labute approximate surface area is 97.9 Å². The first-order chi connectivity index (χ1) is 7.72. The van der Waals surface area contributed by atoms with Gasteiger partial charge in [-0.1, -0.05) is 30.3 Å². The molecule has 0 amide bonds. The number of terminal acetylenes is 1. The molecule has 0 aromatic heterocycles. The van der Waals surface area contributed by atoms with Gasteiger partial charge >= 0.3 is 0 Å². The number of ketones is 1. The minimum absolute atomic E-state index is 0.230. The minimum Gasteiger partial charge on any atom is -0.300 e. The molecule has 1 unspecified atom stereocenters. The molecular weight excluding hydrogens is 196 g/mol. The van der Waals surface area contributed by atoms with Crippen LogP contribution in [0.5, 0.6) is 0 Å². The van der Waals surface area contributed by atoms with Crippen molar-refractivity contribution < 1.29 is 4.79 Å². The molecule has 1 atom stereocenters. The van der Waals surface area contributed by atoms with E-state index in [-0.39, 0.29) is 5.78 Å². The van der Waals surface area contributed by atoms with Crippen LogP contribution in [0.1, 0.15) is 31.7 Å². The molecule has 0 spiro atoms. The Bertz CT molecular complexity index is 359. The number of hydrogen-bond donors (Lipinski definition) is 0. The first-order valence-electron chi connectivity index (χ1n) is 5.69. The van der Waals surface area contributed by atoms with Gasteiger partial charge in [-0.05, 0) is 31.2 Å². The SMILES string of the molecule is C#CCC(CCc1ccccc1)CC(C)=O. The number of Topliss-reactive ketones (excluding diaryl/α,β-unsaturated/α-hetero) is 1. The second-order valence-electron chi connectivity index (χ2n) is 4.20. The van der Waals surface area contributed by atoms with E-state index >= 15 is 0 Å². The van der Waals surface area contributed by atoms with E-state index in [0.717, 1.165) is 12.8 Å². The van der Waals surface area contributed by atoms with Crippen LogP contribution < -0.4 is 0 Å². The Hall–Kier alpha value is -1.55. The summed E-state index contributed by atoms with van der Waals surface area (Å²) in [6.45, 7) is 1.63. The van der Waals surface area contributed by atoms with Crippen LogP contribution in [0.4, 0.5) is 0 Å². The quantitative estimate of drug-likeness (QED) is 0.664. The maximum atomic E-state index is 11.1. The average molecular weight is 214 g/mol. The third kappa shape index (κ3) is 4.79. The van der Waals surface area contributed by atoms with Gasteiger partial charge in [0.15, 0.2) is 0 Å². The Morgan fingerprint density at radius 3 is 2.62 bits per heavy atom. The number of carbonyl (C=O) groups excluding carboxylic acids is 1. The zero-order chi connectivity index (χ0) is 11.8. The monoisotopic (exact) mass is 214 g/mol. The molecule has 0 N–H and O–H groups in total. The van der Waals surface area contributed by atoms with E-state index in [1.807, 2.05) is 18.2 Å². The van der Waals surface area contributed by atoms with Crippen LogP contribution in [0.25, 0.3) is 0 Å². The second-order valence-corrected chi connectivity index (χ2v) is 4.20. The Morgan fingerprint density at radius 1 is 1.38 bits per heavy atom. The fraction of sp³-hybridized carbons (Fsp3) is 0.400. The van der Waals surface area contributed by atoms with Crippen molar-refractivity contribution in [2.75, 3.05) is 0 Å². The van der Waals surface area contributed by atoms with E-state index in [1.165, 1.54) is 5.56 Å². The van der Waals surface area contributed by atoms with Gasteiger partial charge in [0.25, 0.3) is 0 Å². The van der Waals surface area contributed by atoms with Gasteiger partial charge in [-0.25, -0.2) is 0 Å². The van der Waals surface area contributed by atoms with Crippen LogP contribution in [0.3, 0.4) is 0 Å². The van der Waals surface area contributed by atoms with Crippen molar-refractivity contribution in [3.8, 4) is 12.3 Å². The maximum Gasteiger partial charge on any atom is 0.130 e. The van der Waals surface area contributed by atoms with E-state index in [9.17, 15) is 4.79 Å². The lowest BCUT2D eigenvalue weighted by atomic mass is 9.92. The summed E-state index contributed by atoms with van der Waals surface area (Å²) in [4.78, 5) is 11.1. The summed E-state index contributed by atoms with van der Waals surface area (Å²) in [5, 5.41) is 0. The summed E-state index contributed by atoms with van der Waals surface area (Å²) < 4.78 is 0. The molecule has 0 aliphatic rings. The van der Waals surface area contributed by atoms with Crippen LogP contribution >= 0.6 is 0 Å². The lowest BCUT2D eigenvalue weighted by Gasteiger charge is -2.12. The molecule has 0 aliphatic carbocycles. The summed E-state index contributed by atoms with van der Waals surface area (Å²) in [6, 6.07) is 10.3. The van der Waals surface area contributed by atoms with Gasteiger partial charge in [0.1, 0.15) is 5.78 Å². The molecule has 0 heterocycles. The van der Waals surface area contributed by atoms with E-state index in [4.69, 9.17) is 6.42 Å². The fourth-order valence-corrected chi connectivity index (χ4v) is 1.86. The van der Waals surface area contributed by atoms with Gasteiger partial charge in [-0.2, -0.15) is 0 Å². The summed E-state index contributed by atoms with van der Waals surface area (Å²) in [7, 11) is 0. The van der Waals surface area contributed by atoms with E-state index in [0.29, 0.717) is 18.8 Å². The molecule has 0 bridgehead atoms. The second kappa shape index (κ2) is 6.85. The predicted octanol–water partition coefficient (Wildman–Crippen LogP) is 3.24. The lowest BCUT2D eigenvalue weighted by molar-refractivity contribution is -0.117. The summed E-state index contributed by atoms with van der Waals surface area (Å²) in [5.41, 5.74) is 1.31. The Balaban J connectivity index is 2.44. The normalized spacial score (nSPS) is 11.8. The first kappa shape index (κ1) is 12.5. The van der Waals surface area contributed by atoms with Gasteiger partial charge in [0.2, 0.25) is 0 Å². The third-order valence-corrected chi connectivity index (χ3v) is 2.67. The molecule has 16 heavy (non-hydrogen) atoms. The average Bonchev–Trinajstić information content (AvgIpc) is 2.27. The van der Waals surface area contributed by atoms with Crippen molar-refractivity contribution >= 4 is 5.78 Å². The van der Waals surface area contributed by atoms with Crippen LogP contribution in [0, 0.1) is 18.3 Å². The molecule has 1 nitrogen and oxygen atoms in total. The molecular formula is C15H18O. The van der Waals surface area contributed by atoms with E-state index in [1.54, 1.807) is 6.92 Å². The maximum absolute atomic E-state index is 11.1. The summed E-state index contributed by atoms with van der Waals surface area (Å²) >= 11 is 0. The Morgan fingerprint density at radius 2 is 2.06 bits per heavy atom. The first-order valence-corrected chi connectivity index (χ1v) is 5.69. The topological polar surface area (TPSA) is 17.1 Å². The van der Waals surface area contributed by atoms with Crippen LogP contribution in [0.2, 0.25) is 0 Å². The number of rotatable bonds is 6. The minimum atomic E-state index is 0.230. The largest absolute Gasteiger partial charge is 0.300 e. The van der Waals surface area contributed by atoms with E-state index in [2.05, 4.69) is 18.1 Å². The van der Waals surface area contributed by atoms with Crippen molar-refractivity contribution in [1.82, 2.24) is 0 Å². The van der Waals surface area contributed by atoms with E-state index < -0.39 is 0 Å². The van der Waals surface area contributed by atoms with Gasteiger partial charge in [0.05, 0.1) is 0 Å². The van der Waals surface area contributed by atoms with Crippen LogP contribution in [0.15, 0.2) is 30.3 Å². The molecule has 0 radical (unpaired) electrons. The van der Waals surface area contributed by atoms with Gasteiger partial charge in [-0.15, -0.1) is 12.3 Å². The van der Waals surface area contributed by atoms with Crippen molar-refractivity contribution in [3.05, 3.63) is 35.9 Å². The highest BCUT2D eigenvalue weighted by atomic mass is 16.1. The smallest absolute Gasteiger partial charge is 0.130 e. The van der Waals surface area contributed by atoms with Crippen molar-refractivity contribution in [1.29, 1.82) is 0 Å². The number of benzene rings is 1. The highest BCUT2D eigenvalue weighted by molar-refractivity contribution is 5.75. The fourth-order valence-electron chi connectivity index (χ4n) is 1.86. The molecule has 0 fully saturated rings. The van der Waals surface area contributed by atoms with Crippen molar-refractivity contribution in [2.24, 2.45) is 5.92 Å². The molecule has 1 rings (SSSR count). The van der Waals surface area contributed by atoms with Gasteiger partial charge < -0.3 is 4.79 Å². The molecule has 1 aromatic carbocycles. The van der Waals surface area contributed by atoms with Gasteiger partial charge in [-0.3, -0.25) is 0 Å². The zero-order valence-electron chi connectivity index (χ0n) is 9.78. The lowest BCUT2D eigenvalue weighted by Crippen LogP contribution is -2.06. The molecule has 1 aromatic rings. The Kier molecular flexibility index (Phi) is 5.36. The van der Waals surface area contributed by atoms with Crippen LogP contribution in [-0.2, 0) is 11.2 Å². The highest BCUT2D eigenvalue weighted by Crippen LogP contribution is 2.16. The number of hydrogen-bond acceptors (Lipinski definition) is 1. The van der Waals surface area contributed by atoms with Crippen molar-refractivity contribution in [3.63, 3.8) is 0 Å². The third-order valence-electron chi connectivity index (χ3n) is 2.67. The molecule has 84 valence electrons. The molecule has 1 heteroatoms. The molecule has 0 saturated carbocycles. The number of carbonyl (C=O) groups is 1. The standard InChI is InChI=1S/C15H18O/c1-3-7-15(12-13(2)16)11-10-14-8-5-4-6-9-14/h1,4-6,8-9,15H,7,10-12H2,2H3. The predicted molar refractivity (Wildman–Crippen MR) is 67.0 cm³/mol.